The van der Waals surface area contributed by atoms with E-state index in [1.807, 2.05) is 0 Å². The lowest BCUT2D eigenvalue weighted by Gasteiger charge is -2.19. The van der Waals surface area contributed by atoms with E-state index in [4.69, 9.17) is 0 Å². The summed E-state index contributed by atoms with van der Waals surface area (Å²) in [5, 5.41) is 2.80. The Morgan fingerprint density at radius 1 is 0.900 bits per heavy atom. The third kappa shape index (κ3) is 2.86. The summed E-state index contributed by atoms with van der Waals surface area (Å²) >= 11 is 3.17. The molecule has 0 aromatic heterocycles. The lowest BCUT2D eigenvalue weighted by molar-refractivity contribution is 0.483. The topological polar surface area (TPSA) is 12.0 Å². The number of nitrogens with one attached hydrogen (secondary N) is 1. The van der Waals surface area contributed by atoms with Crippen LogP contribution in [0.15, 0.2) is 34.8 Å². The number of halogens is 5. The smallest absolute Gasteiger partial charge is 0.161 e. The lowest BCUT2D eigenvalue weighted by Crippen LogP contribution is -2.20. The van der Waals surface area contributed by atoms with Gasteiger partial charge in [0.2, 0.25) is 0 Å². The van der Waals surface area contributed by atoms with Crippen LogP contribution in [-0.4, -0.2) is 7.05 Å². The van der Waals surface area contributed by atoms with E-state index in [-0.39, 0.29) is 5.56 Å². The van der Waals surface area contributed by atoms with Crippen molar-refractivity contribution in [1.82, 2.24) is 5.32 Å². The average Bonchev–Trinajstić information content (AvgIpc) is 2.38. The zero-order valence-electron chi connectivity index (χ0n) is 10.4. The summed E-state index contributed by atoms with van der Waals surface area (Å²) in [5.41, 5.74) is 0.456. The second-order valence-electron chi connectivity index (χ2n) is 4.18. The van der Waals surface area contributed by atoms with Gasteiger partial charge in [0.25, 0.3) is 0 Å². The fourth-order valence-corrected chi connectivity index (χ4v) is 2.55. The summed E-state index contributed by atoms with van der Waals surface area (Å²) in [6.07, 6.45) is 0. The average molecular weight is 348 g/mol. The second kappa shape index (κ2) is 5.93. The van der Waals surface area contributed by atoms with Crippen LogP contribution in [0.3, 0.4) is 0 Å². The zero-order chi connectivity index (χ0) is 14.9. The van der Waals surface area contributed by atoms with Gasteiger partial charge in [0.15, 0.2) is 11.6 Å². The first kappa shape index (κ1) is 15.0. The molecule has 0 fully saturated rings. The van der Waals surface area contributed by atoms with Gasteiger partial charge in [0.1, 0.15) is 11.6 Å². The Morgan fingerprint density at radius 2 is 1.55 bits per heavy atom. The van der Waals surface area contributed by atoms with Gasteiger partial charge in [0.05, 0.1) is 6.04 Å². The van der Waals surface area contributed by atoms with Crippen LogP contribution in [0.5, 0.6) is 0 Å². The molecule has 0 saturated heterocycles. The molecule has 0 saturated carbocycles. The Bertz CT molecular complexity index is 645. The molecule has 6 heteroatoms. The highest BCUT2D eigenvalue weighted by molar-refractivity contribution is 9.10. The Morgan fingerprint density at radius 3 is 2.15 bits per heavy atom. The summed E-state index contributed by atoms with van der Waals surface area (Å²) < 4.78 is 53.6. The molecule has 0 heterocycles. The normalized spacial score (nSPS) is 12.5. The summed E-state index contributed by atoms with van der Waals surface area (Å²) in [6, 6.07) is 4.43. The summed E-state index contributed by atoms with van der Waals surface area (Å²) in [6.45, 7) is 0. The van der Waals surface area contributed by atoms with E-state index in [9.17, 15) is 17.6 Å². The van der Waals surface area contributed by atoms with Crippen LogP contribution < -0.4 is 5.32 Å². The van der Waals surface area contributed by atoms with E-state index in [0.29, 0.717) is 16.1 Å². The van der Waals surface area contributed by atoms with Crippen molar-refractivity contribution >= 4 is 15.9 Å². The van der Waals surface area contributed by atoms with E-state index < -0.39 is 29.3 Å². The number of hydrogen-bond acceptors (Lipinski definition) is 1. The molecular weight excluding hydrogens is 338 g/mol. The third-order valence-corrected chi connectivity index (χ3v) is 3.60. The maximum atomic E-state index is 13.8. The lowest BCUT2D eigenvalue weighted by atomic mass is 9.98. The maximum Gasteiger partial charge on any atom is 0.161 e. The Labute approximate surface area is 121 Å². The molecule has 0 radical (unpaired) electrons. The highest BCUT2D eigenvalue weighted by Crippen LogP contribution is 2.31. The SMILES string of the molecule is CNC(c1cc(F)c(F)cc1F)c1ccc(F)cc1Br. The van der Waals surface area contributed by atoms with Crippen LogP contribution in [0.25, 0.3) is 0 Å². The molecule has 2 aromatic carbocycles. The first-order chi connectivity index (χ1) is 9.43. The van der Waals surface area contributed by atoms with Crippen molar-refractivity contribution in [1.29, 1.82) is 0 Å². The monoisotopic (exact) mass is 347 g/mol. The maximum absolute atomic E-state index is 13.8. The molecule has 2 aromatic rings. The van der Waals surface area contributed by atoms with Crippen LogP contribution in [-0.2, 0) is 0 Å². The molecule has 1 unspecified atom stereocenters. The summed E-state index contributed by atoms with van der Waals surface area (Å²) in [7, 11) is 1.54. The predicted molar refractivity (Wildman–Crippen MR) is 71.3 cm³/mol. The molecule has 0 spiro atoms. The minimum absolute atomic E-state index is 0.0568. The van der Waals surface area contributed by atoms with E-state index in [1.165, 1.54) is 18.2 Å². The van der Waals surface area contributed by atoms with Gasteiger partial charge in [-0.05, 0) is 30.8 Å². The first-order valence-corrected chi connectivity index (χ1v) is 6.50. The number of hydrogen-bond donors (Lipinski definition) is 1. The van der Waals surface area contributed by atoms with Crippen molar-refractivity contribution in [2.75, 3.05) is 7.05 Å². The highest BCUT2D eigenvalue weighted by Gasteiger charge is 2.21. The van der Waals surface area contributed by atoms with Crippen molar-refractivity contribution in [3.8, 4) is 0 Å². The zero-order valence-corrected chi connectivity index (χ0v) is 11.9. The van der Waals surface area contributed by atoms with Gasteiger partial charge >= 0.3 is 0 Å². The van der Waals surface area contributed by atoms with Gasteiger partial charge in [0, 0.05) is 16.1 Å². The number of rotatable bonds is 3. The second-order valence-corrected chi connectivity index (χ2v) is 5.03. The molecule has 2 rings (SSSR count). The molecule has 1 nitrogen and oxygen atoms in total. The predicted octanol–water partition coefficient (Wildman–Crippen LogP) is 4.31. The van der Waals surface area contributed by atoms with Crippen molar-refractivity contribution in [2.45, 2.75) is 6.04 Å². The fourth-order valence-electron chi connectivity index (χ4n) is 1.97. The van der Waals surface area contributed by atoms with E-state index in [1.54, 1.807) is 7.05 Å². The Kier molecular flexibility index (Phi) is 4.45. The Hall–Kier alpha value is -1.40. The molecule has 106 valence electrons. The number of benzene rings is 2. The minimum Gasteiger partial charge on any atom is -0.309 e. The molecule has 0 amide bonds. The van der Waals surface area contributed by atoms with Gasteiger partial charge < -0.3 is 5.32 Å². The molecule has 20 heavy (non-hydrogen) atoms. The summed E-state index contributed by atoms with van der Waals surface area (Å²) in [5.74, 6) is -3.72. The van der Waals surface area contributed by atoms with E-state index >= 15 is 0 Å². The summed E-state index contributed by atoms with van der Waals surface area (Å²) in [4.78, 5) is 0. The van der Waals surface area contributed by atoms with Crippen molar-refractivity contribution in [2.24, 2.45) is 0 Å². The van der Waals surface area contributed by atoms with Crippen LogP contribution in [0, 0.1) is 23.3 Å². The van der Waals surface area contributed by atoms with Crippen molar-refractivity contribution in [3.05, 3.63) is 69.2 Å². The van der Waals surface area contributed by atoms with Crippen LogP contribution in [0.4, 0.5) is 17.6 Å². The quantitative estimate of drug-likeness (QED) is 0.644. The molecule has 1 atom stereocenters. The van der Waals surface area contributed by atoms with E-state index in [2.05, 4.69) is 21.2 Å². The van der Waals surface area contributed by atoms with Gasteiger partial charge in [-0.25, -0.2) is 17.6 Å². The van der Waals surface area contributed by atoms with Crippen molar-refractivity contribution < 1.29 is 17.6 Å². The molecule has 0 aliphatic carbocycles. The highest BCUT2D eigenvalue weighted by atomic mass is 79.9. The van der Waals surface area contributed by atoms with Crippen LogP contribution in [0.2, 0.25) is 0 Å². The standard InChI is InChI=1S/C14H10BrF4N/c1-20-14(8-3-2-7(16)4-10(8)15)9-5-12(18)13(19)6-11(9)17/h2-6,14,20H,1H3. The van der Waals surface area contributed by atoms with Gasteiger partial charge in [-0.1, -0.05) is 22.0 Å². The molecular formula is C14H10BrF4N. The van der Waals surface area contributed by atoms with Gasteiger partial charge in [-0.15, -0.1) is 0 Å². The molecule has 0 aliphatic heterocycles. The largest absolute Gasteiger partial charge is 0.309 e. The van der Waals surface area contributed by atoms with Gasteiger partial charge in [-0.3, -0.25) is 0 Å². The molecule has 1 N–H and O–H groups in total. The third-order valence-electron chi connectivity index (χ3n) is 2.91. The molecule has 0 bridgehead atoms. The van der Waals surface area contributed by atoms with Crippen LogP contribution >= 0.6 is 15.9 Å². The van der Waals surface area contributed by atoms with Crippen LogP contribution in [0.1, 0.15) is 17.2 Å². The van der Waals surface area contributed by atoms with E-state index in [0.717, 1.165) is 6.07 Å². The van der Waals surface area contributed by atoms with Gasteiger partial charge in [-0.2, -0.15) is 0 Å². The minimum atomic E-state index is -1.25. The first-order valence-electron chi connectivity index (χ1n) is 5.70. The van der Waals surface area contributed by atoms with Crippen molar-refractivity contribution in [3.63, 3.8) is 0 Å². The fraction of sp³-hybridized carbons (Fsp3) is 0.143. The molecule has 0 aliphatic rings. The Balaban J connectivity index is 2.55.